The van der Waals surface area contributed by atoms with Crippen LogP contribution in [0.2, 0.25) is 0 Å². The Kier molecular flexibility index (Phi) is 4.03. The van der Waals surface area contributed by atoms with Gasteiger partial charge in [-0.25, -0.2) is 0 Å². The molecule has 2 rings (SSSR count). The summed E-state index contributed by atoms with van der Waals surface area (Å²) in [6.45, 7) is 4.65. The molecule has 1 aliphatic heterocycles. The van der Waals surface area contributed by atoms with Crippen molar-refractivity contribution in [3.63, 3.8) is 0 Å². The van der Waals surface area contributed by atoms with Crippen LogP contribution in [0.5, 0.6) is 0 Å². The molecule has 1 fully saturated rings. The van der Waals surface area contributed by atoms with Gasteiger partial charge in [0.25, 0.3) is 0 Å². The van der Waals surface area contributed by atoms with Gasteiger partial charge < -0.3 is 9.64 Å². The van der Waals surface area contributed by atoms with Gasteiger partial charge in [-0.05, 0) is 41.4 Å². The number of anilines is 1. The predicted molar refractivity (Wildman–Crippen MR) is 71.1 cm³/mol. The number of halogens is 1. The van der Waals surface area contributed by atoms with Crippen molar-refractivity contribution in [2.45, 2.75) is 19.4 Å². The van der Waals surface area contributed by atoms with E-state index in [0.717, 1.165) is 36.3 Å². The monoisotopic (exact) mass is 294 g/mol. The lowest BCUT2D eigenvalue weighted by Gasteiger charge is -2.25. The molecule has 4 heteroatoms. The summed E-state index contributed by atoms with van der Waals surface area (Å²) in [6, 6.07) is 8.14. The summed E-state index contributed by atoms with van der Waals surface area (Å²) in [5.41, 5.74) is 1.71. The fraction of sp³-hybridized carbons (Fsp3) is 0.462. The molecule has 0 bridgehead atoms. The van der Waals surface area contributed by atoms with Gasteiger partial charge in [-0.3, -0.25) is 0 Å². The van der Waals surface area contributed by atoms with Crippen molar-refractivity contribution in [1.29, 1.82) is 5.26 Å². The smallest absolute Gasteiger partial charge is 0.103 e. The van der Waals surface area contributed by atoms with Gasteiger partial charge in [0.2, 0.25) is 0 Å². The molecular weight excluding hydrogens is 280 g/mol. The summed E-state index contributed by atoms with van der Waals surface area (Å²) in [7, 11) is 0. The van der Waals surface area contributed by atoms with E-state index in [1.807, 2.05) is 18.2 Å². The van der Waals surface area contributed by atoms with E-state index in [2.05, 4.69) is 33.8 Å². The Morgan fingerprint density at radius 2 is 2.35 bits per heavy atom. The Hall–Kier alpha value is -1.05. The zero-order valence-electron chi connectivity index (χ0n) is 9.82. The van der Waals surface area contributed by atoms with Crippen LogP contribution in [0.1, 0.15) is 18.9 Å². The van der Waals surface area contributed by atoms with Gasteiger partial charge in [-0.1, -0.05) is 6.07 Å². The van der Waals surface area contributed by atoms with E-state index < -0.39 is 0 Å². The third kappa shape index (κ3) is 2.80. The quantitative estimate of drug-likeness (QED) is 0.799. The number of rotatable bonds is 1. The molecule has 90 valence electrons. The van der Waals surface area contributed by atoms with Gasteiger partial charge in [0, 0.05) is 24.2 Å². The first-order valence-electron chi connectivity index (χ1n) is 5.77. The molecule has 3 nitrogen and oxygen atoms in total. The van der Waals surface area contributed by atoms with E-state index in [-0.39, 0.29) is 6.10 Å². The molecule has 0 amide bonds. The van der Waals surface area contributed by atoms with Crippen molar-refractivity contribution >= 4 is 21.6 Å². The second-order valence-corrected chi connectivity index (χ2v) is 5.08. The third-order valence-corrected chi connectivity index (χ3v) is 3.56. The van der Waals surface area contributed by atoms with E-state index in [9.17, 15) is 5.26 Å². The lowest BCUT2D eigenvalue weighted by Crippen LogP contribution is -2.30. The van der Waals surface area contributed by atoms with Gasteiger partial charge in [0.15, 0.2) is 0 Å². The number of hydrogen-bond donors (Lipinski definition) is 0. The maximum absolute atomic E-state index is 9.23. The maximum atomic E-state index is 9.23. The highest BCUT2D eigenvalue weighted by Crippen LogP contribution is 2.28. The minimum atomic E-state index is 0.211. The maximum Gasteiger partial charge on any atom is 0.103 e. The van der Waals surface area contributed by atoms with Crippen molar-refractivity contribution in [3.8, 4) is 6.07 Å². The summed E-state index contributed by atoms with van der Waals surface area (Å²) >= 11 is 3.43. The molecule has 1 aromatic carbocycles. The lowest BCUT2D eigenvalue weighted by atomic mass is 10.1. The molecule has 1 unspecified atom stereocenters. The second kappa shape index (κ2) is 5.52. The highest BCUT2D eigenvalue weighted by molar-refractivity contribution is 9.10. The first-order valence-corrected chi connectivity index (χ1v) is 6.57. The number of hydrogen-bond acceptors (Lipinski definition) is 3. The van der Waals surface area contributed by atoms with Gasteiger partial charge in [-0.15, -0.1) is 0 Å². The average Bonchev–Trinajstić information content (AvgIpc) is 2.53. The molecular formula is C13H15BrN2O. The van der Waals surface area contributed by atoms with Crippen molar-refractivity contribution in [2.75, 3.05) is 24.6 Å². The van der Waals surface area contributed by atoms with Crippen molar-refractivity contribution in [3.05, 3.63) is 28.2 Å². The van der Waals surface area contributed by atoms with E-state index in [1.54, 1.807) is 0 Å². The molecule has 0 spiro atoms. The molecule has 0 aliphatic carbocycles. The van der Waals surface area contributed by atoms with Crippen LogP contribution in [0.15, 0.2) is 22.7 Å². The number of nitriles is 1. The van der Waals surface area contributed by atoms with Crippen LogP contribution < -0.4 is 4.90 Å². The standard InChI is InChI=1S/C13H15BrN2O/c1-10-9-16(6-3-7-17-10)13-5-2-4-12(14)11(13)8-15/h2,4-5,10H,3,6-7,9H2,1H3. The minimum absolute atomic E-state index is 0.211. The summed E-state index contributed by atoms with van der Waals surface area (Å²) in [4.78, 5) is 2.24. The van der Waals surface area contributed by atoms with E-state index in [4.69, 9.17) is 4.74 Å². The Morgan fingerprint density at radius 1 is 1.53 bits per heavy atom. The summed E-state index contributed by atoms with van der Waals surface area (Å²) in [5, 5.41) is 9.23. The van der Waals surface area contributed by atoms with Crippen molar-refractivity contribution in [1.82, 2.24) is 0 Å². The number of ether oxygens (including phenoxy) is 1. The fourth-order valence-electron chi connectivity index (χ4n) is 2.10. The molecule has 1 heterocycles. The highest BCUT2D eigenvalue weighted by Gasteiger charge is 2.18. The van der Waals surface area contributed by atoms with Crippen molar-refractivity contribution in [2.24, 2.45) is 0 Å². The summed E-state index contributed by atoms with van der Waals surface area (Å²) in [6.07, 6.45) is 1.21. The van der Waals surface area contributed by atoms with Crippen LogP contribution >= 0.6 is 15.9 Å². The molecule has 1 aromatic rings. The highest BCUT2D eigenvalue weighted by atomic mass is 79.9. The molecule has 0 aromatic heterocycles. The molecule has 1 atom stereocenters. The number of nitrogens with zero attached hydrogens (tertiary/aromatic N) is 2. The van der Waals surface area contributed by atoms with Gasteiger partial charge in [-0.2, -0.15) is 5.26 Å². The molecule has 0 N–H and O–H groups in total. The van der Waals surface area contributed by atoms with Crippen LogP contribution in [0.3, 0.4) is 0 Å². The molecule has 17 heavy (non-hydrogen) atoms. The number of benzene rings is 1. The average molecular weight is 295 g/mol. The zero-order valence-corrected chi connectivity index (χ0v) is 11.4. The second-order valence-electron chi connectivity index (χ2n) is 4.23. The summed E-state index contributed by atoms with van der Waals surface area (Å²) < 4.78 is 6.48. The normalized spacial score (nSPS) is 20.8. The molecule has 0 radical (unpaired) electrons. The summed E-state index contributed by atoms with van der Waals surface area (Å²) in [5.74, 6) is 0. The van der Waals surface area contributed by atoms with Crippen LogP contribution in [0.25, 0.3) is 0 Å². The van der Waals surface area contributed by atoms with Crippen LogP contribution in [0.4, 0.5) is 5.69 Å². The minimum Gasteiger partial charge on any atom is -0.377 e. The Labute approximate surface area is 110 Å². The molecule has 1 saturated heterocycles. The fourth-order valence-corrected chi connectivity index (χ4v) is 2.54. The van der Waals surface area contributed by atoms with Crippen molar-refractivity contribution < 1.29 is 4.74 Å². The molecule has 0 saturated carbocycles. The Morgan fingerprint density at radius 3 is 3.12 bits per heavy atom. The van der Waals surface area contributed by atoms with Crippen LogP contribution in [-0.2, 0) is 4.74 Å². The van der Waals surface area contributed by atoms with Gasteiger partial charge >= 0.3 is 0 Å². The Bertz CT molecular complexity index is 442. The SMILES string of the molecule is CC1CN(c2cccc(Br)c2C#N)CCCO1. The van der Waals surface area contributed by atoms with Gasteiger partial charge in [0.1, 0.15) is 6.07 Å². The predicted octanol–water partition coefficient (Wildman–Crippen LogP) is 2.94. The topological polar surface area (TPSA) is 36.3 Å². The molecule has 1 aliphatic rings. The Balaban J connectivity index is 2.32. The first-order chi connectivity index (χ1) is 8.22. The largest absolute Gasteiger partial charge is 0.377 e. The van der Waals surface area contributed by atoms with Crippen LogP contribution in [-0.4, -0.2) is 25.8 Å². The van der Waals surface area contributed by atoms with Crippen LogP contribution in [0, 0.1) is 11.3 Å². The van der Waals surface area contributed by atoms with E-state index >= 15 is 0 Å². The lowest BCUT2D eigenvalue weighted by molar-refractivity contribution is 0.0821. The van der Waals surface area contributed by atoms with Gasteiger partial charge in [0.05, 0.1) is 17.4 Å². The van der Waals surface area contributed by atoms with E-state index in [1.165, 1.54) is 0 Å². The zero-order chi connectivity index (χ0) is 12.3. The van der Waals surface area contributed by atoms with E-state index in [0.29, 0.717) is 5.56 Å². The third-order valence-electron chi connectivity index (χ3n) is 2.90. The first kappa shape index (κ1) is 12.4.